The second-order valence-corrected chi connectivity index (χ2v) is 6.89. The Kier molecular flexibility index (Phi) is 6.34. The van der Waals surface area contributed by atoms with E-state index in [-0.39, 0.29) is 42.7 Å². The maximum Gasteiger partial charge on any atom is 0.225 e. The maximum absolute atomic E-state index is 13.7. The van der Waals surface area contributed by atoms with Crippen LogP contribution >= 0.6 is 0 Å². The lowest BCUT2D eigenvalue weighted by molar-refractivity contribution is -0.138. The maximum atomic E-state index is 13.7. The number of nitrogens with zero attached hydrogens (tertiary/aromatic N) is 1. The fraction of sp³-hybridized carbons (Fsp3) is 0.333. The van der Waals surface area contributed by atoms with Crippen molar-refractivity contribution in [2.24, 2.45) is 5.92 Å². The van der Waals surface area contributed by atoms with Gasteiger partial charge in [0.15, 0.2) is 11.6 Å². The van der Waals surface area contributed by atoms with Crippen LogP contribution in [-0.4, -0.2) is 29.8 Å². The highest BCUT2D eigenvalue weighted by atomic mass is 19.2. The number of hydrogen-bond acceptors (Lipinski definition) is 2. The molecule has 28 heavy (non-hydrogen) atoms. The molecule has 0 spiro atoms. The van der Waals surface area contributed by atoms with Gasteiger partial charge in [-0.05, 0) is 36.6 Å². The van der Waals surface area contributed by atoms with Crippen molar-refractivity contribution in [1.82, 2.24) is 10.2 Å². The number of likely N-dealkylation sites (tertiary alicyclic amines) is 1. The number of hydrogen-bond donors (Lipinski definition) is 1. The number of nitrogens with one attached hydrogen (secondary N) is 1. The van der Waals surface area contributed by atoms with Crippen LogP contribution in [0, 0.1) is 23.4 Å². The molecule has 2 aromatic carbocycles. The molecule has 4 nitrogen and oxygen atoms in total. The Bertz CT molecular complexity index is 872. The fourth-order valence-corrected chi connectivity index (χ4v) is 3.31. The first-order valence-electron chi connectivity index (χ1n) is 9.17. The van der Waals surface area contributed by atoms with Crippen LogP contribution in [0.5, 0.6) is 0 Å². The first-order valence-corrected chi connectivity index (χ1v) is 9.17. The molecule has 2 aromatic rings. The average Bonchev–Trinajstić information content (AvgIpc) is 2.68. The first kappa shape index (κ1) is 19.9. The normalized spacial score (nSPS) is 16.9. The Morgan fingerprint density at radius 3 is 2.71 bits per heavy atom. The minimum atomic E-state index is -0.974. The highest BCUT2D eigenvalue weighted by Gasteiger charge is 2.30. The molecule has 0 aliphatic carbocycles. The number of halogens is 3. The van der Waals surface area contributed by atoms with Gasteiger partial charge in [-0.2, -0.15) is 0 Å². The average molecular weight is 390 g/mol. The minimum Gasteiger partial charge on any atom is -0.352 e. The lowest BCUT2D eigenvalue weighted by Crippen LogP contribution is -2.46. The van der Waals surface area contributed by atoms with Gasteiger partial charge in [-0.25, -0.2) is 13.2 Å². The molecule has 7 heteroatoms. The van der Waals surface area contributed by atoms with Crippen molar-refractivity contribution < 1.29 is 22.8 Å². The Morgan fingerprint density at radius 1 is 1.14 bits per heavy atom. The van der Waals surface area contributed by atoms with Gasteiger partial charge in [0.05, 0.1) is 5.92 Å². The van der Waals surface area contributed by atoms with Gasteiger partial charge in [0.25, 0.3) is 0 Å². The summed E-state index contributed by atoms with van der Waals surface area (Å²) in [7, 11) is 0. The number of carbonyl (C=O) groups is 2. The molecule has 148 valence electrons. The van der Waals surface area contributed by atoms with Gasteiger partial charge in [0.1, 0.15) is 5.82 Å². The van der Waals surface area contributed by atoms with Gasteiger partial charge < -0.3 is 10.2 Å². The topological polar surface area (TPSA) is 49.4 Å². The predicted octanol–water partition coefficient (Wildman–Crippen LogP) is 3.20. The molecule has 2 amide bonds. The lowest BCUT2D eigenvalue weighted by Gasteiger charge is -2.32. The molecule has 1 saturated heterocycles. The molecule has 0 unspecified atom stereocenters. The van der Waals surface area contributed by atoms with E-state index in [2.05, 4.69) is 5.32 Å². The molecular formula is C21H21F3N2O2. The SMILES string of the molecule is O=C(NCc1cccc(F)c1F)[C@H]1CCC(=O)N(CCc2cccc(F)c2)C1. The third-order valence-corrected chi connectivity index (χ3v) is 4.92. The molecule has 1 fully saturated rings. The summed E-state index contributed by atoms with van der Waals surface area (Å²) >= 11 is 0. The zero-order valence-corrected chi connectivity index (χ0v) is 15.3. The molecule has 1 aliphatic rings. The Labute approximate surface area is 161 Å². The van der Waals surface area contributed by atoms with Crippen LogP contribution < -0.4 is 5.32 Å². The molecule has 1 aliphatic heterocycles. The van der Waals surface area contributed by atoms with Crippen LogP contribution in [0.25, 0.3) is 0 Å². The van der Waals surface area contributed by atoms with E-state index in [4.69, 9.17) is 0 Å². The Balaban J connectivity index is 1.54. The van der Waals surface area contributed by atoms with E-state index >= 15 is 0 Å². The summed E-state index contributed by atoms with van der Waals surface area (Å²) < 4.78 is 40.2. The second kappa shape index (κ2) is 8.91. The third-order valence-electron chi connectivity index (χ3n) is 4.92. The van der Waals surface area contributed by atoms with Gasteiger partial charge in [0, 0.05) is 31.6 Å². The monoisotopic (exact) mass is 390 g/mol. The van der Waals surface area contributed by atoms with E-state index in [1.165, 1.54) is 24.3 Å². The van der Waals surface area contributed by atoms with Crippen LogP contribution in [-0.2, 0) is 22.6 Å². The van der Waals surface area contributed by atoms with Gasteiger partial charge in [0.2, 0.25) is 11.8 Å². The number of rotatable bonds is 6. The summed E-state index contributed by atoms with van der Waals surface area (Å²) in [6.45, 7) is 0.534. The van der Waals surface area contributed by atoms with Crippen molar-refractivity contribution in [2.75, 3.05) is 13.1 Å². The molecular weight excluding hydrogens is 369 g/mol. The summed E-state index contributed by atoms with van der Waals surface area (Å²) in [5.74, 6) is -3.02. The van der Waals surface area contributed by atoms with Gasteiger partial charge in [-0.15, -0.1) is 0 Å². The molecule has 0 saturated carbocycles. The number of amides is 2. The molecule has 0 aromatic heterocycles. The van der Waals surface area contributed by atoms with Crippen LogP contribution in [0.1, 0.15) is 24.0 Å². The number of carbonyl (C=O) groups excluding carboxylic acids is 2. The van der Waals surface area contributed by atoms with Crippen LogP contribution in [0.15, 0.2) is 42.5 Å². The Hall–Kier alpha value is -2.83. The van der Waals surface area contributed by atoms with Crippen molar-refractivity contribution in [2.45, 2.75) is 25.8 Å². The summed E-state index contributed by atoms with van der Waals surface area (Å²) in [4.78, 5) is 26.2. The summed E-state index contributed by atoms with van der Waals surface area (Å²) in [6, 6.07) is 9.99. The van der Waals surface area contributed by atoms with Gasteiger partial charge in [-0.3, -0.25) is 9.59 Å². The van der Waals surface area contributed by atoms with Crippen LogP contribution in [0.4, 0.5) is 13.2 Å². The van der Waals surface area contributed by atoms with Crippen molar-refractivity contribution in [3.8, 4) is 0 Å². The molecule has 0 radical (unpaired) electrons. The van der Waals surface area contributed by atoms with Crippen molar-refractivity contribution >= 4 is 11.8 Å². The number of piperidine rings is 1. The van der Waals surface area contributed by atoms with E-state index in [0.717, 1.165) is 11.6 Å². The third kappa shape index (κ3) is 4.91. The smallest absolute Gasteiger partial charge is 0.225 e. The van der Waals surface area contributed by atoms with E-state index in [1.807, 2.05) is 0 Å². The lowest BCUT2D eigenvalue weighted by atomic mass is 9.96. The van der Waals surface area contributed by atoms with Gasteiger partial charge in [-0.1, -0.05) is 24.3 Å². The molecule has 1 atom stereocenters. The van der Waals surface area contributed by atoms with E-state index in [0.29, 0.717) is 19.4 Å². The zero-order chi connectivity index (χ0) is 20.1. The molecule has 1 heterocycles. The fourth-order valence-electron chi connectivity index (χ4n) is 3.31. The predicted molar refractivity (Wildman–Crippen MR) is 97.6 cm³/mol. The van der Waals surface area contributed by atoms with Crippen molar-refractivity contribution in [3.05, 3.63) is 71.0 Å². The van der Waals surface area contributed by atoms with Gasteiger partial charge >= 0.3 is 0 Å². The number of benzene rings is 2. The quantitative estimate of drug-likeness (QED) is 0.824. The Morgan fingerprint density at radius 2 is 1.93 bits per heavy atom. The summed E-state index contributed by atoms with van der Waals surface area (Å²) in [5.41, 5.74) is 0.851. The van der Waals surface area contributed by atoms with Crippen LogP contribution in [0.3, 0.4) is 0 Å². The largest absolute Gasteiger partial charge is 0.352 e. The summed E-state index contributed by atoms with van der Waals surface area (Å²) in [5, 5.41) is 2.62. The van der Waals surface area contributed by atoms with E-state index in [9.17, 15) is 22.8 Å². The van der Waals surface area contributed by atoms with E-state index < -0.39 is 17.6 Å². The minimum absolute atomic E-state index is 0.0448. The highest BCUT2D eigenvalue weighted by molar-refractivity contribution is 5.83. The first-order chi connectivity index (χ1) is 13.4. The highest BCUT2D eigenvalue weighted by Crippen LogP contribution is 2.19. The molecule has 3 rings (SSSR count). The van der Waals surface area contributed by atoms with Crippen LogP contribution in [0.2, 0.25) is 0 Å². The second-order valence-electron chi connectivity index (χ2n) is 6.89. The van der Waals surface area contributed by atoms with Crippen molar-refractivity contribution in [1.29, 1.82) is 0 Å². The van der Waals surface area contributed by atoms with Crippen molar-refractivity contribution in [3.63, 3.8) is 0 Å². The molecule has 0 bridgehead atoms. The van der Waals surface area contributed by atoms with E-state index in [1.54, 1.807) is 17.0 Å². The molecule has 1 N–H and O–H groups in total. The summed E-state index contributed by atoms with van der Waals surface area (Å²) in [6.07, 6.45) is 1.15. The zero-order valence-electron chi connectivity index (χ0n) is 15.3. The standard InChI is InChI=1S/C21H21F3N2O2/c22-17-5-1-3-14(11-17)9-10-26-13-16(7-8-19(26)27)21(28)25-12-15-4-2-6-18(23)20(15)24/h1-6,11,16H,7-10,12-13H2,(H,25,28)/t16-/m0/s1.